The van der Waals surface area contributed by atoms with E-state index in [9.17, 15) is 13.2 Å². The van der Waals surface area contributed by atoms with Crippen molar-refractivity contribution in [1.29, 1.82) is 0 Å². The summed E-state index contributed by atoms with van der Waals surface area (Å²) in [6, 6.07) is 32.3. The van der Waals surface area contributed by atoms with Gasteiger partial charge in [0.25, 0.3) is 10.0 Å². The van der Waals surface area contributed by atoms with Gasteiger partial charge >= 0.3 is 0 Å². The molecule has 0 unspecified atom stereocenters. The topological polar surface area (TPSA) is 76.2 Å². The van der Waals surface area contributed by atoms with Crippen LogP contribution in [0.5, 0.6) is 11.5 Å². The van der Waals surface area contributed by atoms with Gasteiger partial charge in [-0.2, -0.15) is 0 Å². The minimum Gasteiger partial charge on any atom is -0.493 e. The smallest absolute Gasteiger partial charge is 0.264 e. The Balaban J connectivity index is 1.70. The summed E-state index contributed by atoms with van der Waals surface area (Å²) in [6.45, 7) is 0.307. The number of carbonyl (C=O) groups excluding carboxylic acids is 1. The average Bonchev–Trinajstić information content (AvgIpc) is 2.96. The number of nitrogens with zero attached hydrogens (tertiary/aromatic N) is 2. The van der Waals surface area contributed by atoms with E-state index in [4.69, 9.17) is 9.47 Å². The van der Waals surface area contributed by atoms with Gasteiger partial charge in [-0.1, -0.05) is 78.9 Å². The van der Waals surface area contributed by atoms with Crippen LogP contribution in [0.25, 0.3) is 0 Å². The molecular formula is C30H30N2O5S. The summed E-state index contributed by atoms with van der Waals surface area (Å²) in [5.74, 6) is 0.360. The van der Waals surface area contributed by atoms with Crippen molar-refractivity contribution in [3.8, 4) is 11.5 Å². The number of hydrogen-bond donors (Lipinski definition) is 0. The molecule has 0 heterocycles. The van der Waals surface area contributed by atoms with Crippen molar-refractivity contribution in [2.75, 3.05) is 25.1 Å². The highest BCUT2D eigenvalue weighted by atomic mass is 32.2. The Bertz CT molecular complexity index is 1400. The molecule has 1 amide bonds. The summed E-state index contributed by atoms with van der Waals surface area (Å²) in [5.41, 5.74) is 2.28. The lowest BCUT2D eigenvalue weighted by atomic mass is 10.1. The first-order chi connectivity index (χ1) is 18.4. The number of ether oxygens (including phenoxy) is 2. The van der Waals surface area contributed by atoms with Crippen molar-refractivity contribution in [3.63, 3.8) is 0 Å². The lowest BCUT2D eigenvalue weighted by molar-refractivity contribution is -0.130. The van der Waals surface area contributed by atoms with Crippen LogP contribution in [0.4, 0.5) is 5.69 Å². The molecule has 0 saturated carbocycles. The molecule has 0 aliphatic rings. The minimum atomic E-state index is -4.14. The summed E-state index contributed by atoms with van der Waals surface area (Å²) in [4.78, 5) is 15.5. The van der Waals surface area contributed by atoms with Gasteiger partial charge in [-0.3, -0.25) is 9.10 Å². The third-order valence-corrected chi connectivity index (χ3v) is 7.82. The number of benzene rings is 4. The van der Waals surface area contributed by atoms with E-state index in [-0.39, 0.29) is 23.1 Å². The van der Waals surface area contributed by atoms with Crippen LogP contribution in [0.1, 0.15) is 11.1 Å². The molecule has 4 rings (SSSR count). The van der Waals surface area contributed by atoms with Crippen LogP contribution in [0.3, 0.4) is 0 Å². The maximum Gasteiger partial charge on any atom is 0.264 e. The molecule has 0 aliphatic carbocycles. The van der Waals surface area contributed by atoms with E-state index in [1.807, 2.05) is 60.7 Å². The fourth-order valence-electron chi connectivity index (χ4n) is 4.08. The quantitative estimate of drug-likeness (QED) is 0.269. The predicted octanol–water partition coefficient (Wildman–Crippen LogP) is 5.13. The fraction of sp³-hybridized carbons (Fsp3) is 0.167. The van der Waals surface area contributed by atoms with Gasteiger partial charge in [0.05, 0.1) is 24.8 Å². The average molecular weight is 531 g/mol. The highest BCUT2D eigenvalue weighted by molar-refractivity contribution is 7.92. The molecular weight excluding hydrogens is 500 g/mol. The summed E-state index contributed by atoms with van der Waals surface area (Å²) in [5, 5.41) is 0. The van der Waals surface area contributed by atoms with Gasteiger partial charge in [-0.25, -0.2) is 8.42 Å². The molecule has 0 fully saturated rings. The van der Waals surface area contributed by atoms with Gasteiger partial charge in [-0.05, 0) is 35.4 Å². The van der Waals surface area contributed by atoms with E-state index >= 15 is 0 Å². The second-order valence-electron chi connectivity index (χ2n) is 8.59. The Kier molecular flexibility index (Phi) is 8.66. The first-order valence-electron chi connectivity index (χ1n) is 12.1. The normalized spacial score (nSPS) is 11.0. The van der Waals surface area contributed by atoms with Crippen molar-refractivity contribution in [2.24, 2.45) is 0 Å². The molecule has 8 heteroatoms. The Morgan fingerprint density at radius 3 is 1.68 bits per heavy atom. The second-order valence-corrected chi connectivity index (χ2v) is 10.4. The Labute approximate surface area is 223 Å². The van der Waals surface area contributed by atoms with E-state index < -0.39 is 10.0 Å². The Morgan fingerprint density at radius 1 is 0.684 bits per heavy atom. The molecule has 0 saturated heterocycles. The van der Waals surface area contributed by atoms with Crippen LogP contribution < -0.4 is 13.8 Å². The number of sulfonamides is 1. The van der Waals surface area contributed by atoms with Gasteiger partial charge in [0, 0.05) is 19.2 Å². The lowest BCUT2D eigenvalue weighted by Gasteiger charge is -2.29. The maximum atomic E-state index is 13.9. The molecule has 38 heavy (non-hydrogen) atoms. The van der Waals surface area contributed by atoms with Crippen molar-refractivity contribution in [1.82, 2.24) is 4.90 Å². The summed E-state index contributed by atoms with van der Waals surface area (Å²) < 4.78 is 39.6. The number of para-hydroxylation sites is 1. The first-order valence-corrected chi connectivity index (χ1v) is 13.5. The second kappa shape index (κ2) is 12.3. The summed E-state index contributed by atoms with van der Waals surface area (Å²) in [7, 11) is -1.21. The van der Waals surface area contributed by atoms with Gasteiger partial charge in [0.2, 0.25) is 5.91 Å². The predicted molar refractivity (Wildman–Crippen MR) is 148 cm³/mol. The largest absolute Gasteiger partial charge is 0.493 e. The standard InChI is InChI=1S/C30H30N2O5S/c1-36-28-19-18-27(20-29(28)37-2)38(34,35)32(26-16-10-5-11-17-26)23-30(33)31(21-24-12-6-3-7-13-24)22-25-14-8-4-9-15-25/h3-20H,21-23H2,1-2H3. The van der Waals surface area contributed by atoms with E-state index in [2.05, 4.69) is 0 Å². The molecule has 0 atom stereocenters. The van der Waals surface area contributed by atoms with Crippen molar-refractivity contribution in [2.45, 2.75) is 18.0 Å². The molecule has 0 aliphatic heterocycles. The molecule has 4 aromatic rings. The highest BCUT2D eigenvalue weighted by Gasteiger charge is 2.30. The van der Waals surface area contributed by atoms with Crippen molar-refractivity contribution >= 4 is 21.6 Å². The minimum absolute atomic E-state index is 0.00975. The maximum absolute atomic E-state index is 13.9. The van der Waals surface area contributed by atoms with Gasteiger partial charge in [0.1, 0.15) is 6.54 Å². The molecule has 0 N–H and O–H groups in total. The SMILES string of the molecule is COc1ccc(S(=O)(=O)N(CC(=O)N(Cc2ccccc2)Cc2ccccc2)c2ccccc2)cc1OC. The summed E-state index contributed by atoms with van der Waals surface area (Å²) >= 11 is 0. The number of hydrogen-bond acceptors (Lipinski definition) is 5. The van der Waals surface area contributed by atoms with Crippen LogP contribution in [-0.2, 0) is 27.9 Å². The van der Waals surface area contributed by atoms with Gasteiger partial charge in [-0.15, -0.1) is 0 Å². The number of rotatable bonds is 11. The molecule has 7 nitrogen and oxygen atoms in total. The number of methoxy groups -OCH3 is 2. The zero-order valence-corrected chi connectivity index (χ0v) is 22.2. The highest BCUT2D eigenvalue weighted by Crippen LogP contribution is 2.32. The fourth-order valence-corrected chi connectivity index (χ4v) is 5.51. The molecule has 0 aromatic heterocycles. The lowest BCUT2D eigenvalue weighted by Crippen LogP contribution is -2.42. The molecule has 0 radical (unpaired) electrons. The third-order valence-electron chi connectivity index (χ3n) is 6.05. The number of anilines is 1. The Morgan fingerprint density at radius 2 is 1.18 bits per heavy atom. The molecule has 0 bridgehead atoms. The van der Waals surface area contributed by atoms with Gasteiger partial charge < -0.3 is 14.4 Å². The van der Waals surface area contributed by atoms with Crippen molar-refractivity contribution in [3.05, 3.63) is 120 Å². The third kappa shape index (κ3) is 6.33. The zero-order valence-electron chi connectivity index (χ0n) is 21.4. The first kappa shape index (κ1) is 26.8. The number of carbonyl (C=O) groups is 1. The number of amides is 1. The van der Waals surface area contributed by atoms with Crippen LogP contribution in [0, 0.1) is 0 Å². The molecule has 4 aromatic carbocycles. The van der Waals surface area contributed by atoms with E-state index in [0.29, 0.717) is 24.5 Å². The van der Waals surface area contributed by atoms with E-state index in [1.54, 1.807) is 35.2 Å². The van der Waals surface area contributed by atoms with Crippen LogP contribution in [0.15, 0.2) is 114 Å². The van der Waals surface area contributed by atoms with E-state index in [0.717, 1.165) is 15.4 Å². The van der Waals surface area contributed by atoms with Crippen LogP contribution >= 0.6 is 0 Å². The monoisotopic (exact) mass is 530 g/mol. The van der Waals surface area contributed by atoms with Crippen LogP contribution in [-0.4, -0.2) is 40.0 Å². The van der Waals surface area contributed by atoms with Crippen molar-refractivity contribution < 1.29 is 22.7 Å². The zero-order chi connectivity index (χ0) is 27.0. The molecule has 196 valence electrons. The molecule has 0 spiro atoms. The Hall–Kier alpha value is -4.30. The van der Waals surface area contributed by atoms with E-state index in [1.165, 1.54) is 32.4 Å². The van der Waals surface area contributed by atoms with Crippen LogP contribution in [0.2, 0.25) is 0 Å². The van der Waals surface area contributed by atoms with Gasteiger partial charge in [0.15, 0.2) is 11.5 Å². The summed E-state index contributed by atoms with van der Waals surface area (Å²) in [6.07, 6.45) is 0.